The number of nitrogen functional groups attached to an aromatic ring is 1. The third-order valence-electron chi connectivity index (χ3n) is 2.76. The fraction of sp³-hybridized carbons (Fsp3) is 0.333. The van der Waals surface area contributed by atoms with Gasteiger partial charge in [-0.2, -0.15) is 0 Å². The Morgan fingerprint density at radius 1 is 1.32 bits per heavy atom. The Hall–Kier alpha value is -1.95. The lowest BCUT2D eigenvalue weighted by atomic mass is 10.2. The number of nitrogens with zero attached hydrogens (tertiary/aromatic N) is 3. The Kier molecular flexibility index (Phi) is 3.16. The zero-order valence-corrected chi connectivity index (χ0v) is 10.9. The Labute approximate surface area is 115 Å². The molecule has 1 aromatic carbocycles. The van der Waals surface area contributed by atoms with Crippen LogP contribution in [0.4, 0.5) is 5.82 Å². The van der Waals surface area contributed by atoms with Gasteiger partial charge in [-0.05, 0) is 17.7 Å². The normalized spacial score (nSPS) is 14.2. The Bertz CT molecular complexity index is 599. The molecule has 0 spiro atoms. The predicted molar refractivity (Wildman–Crippen MR) is 70.6 cm³/mol. The maximum atomic E-state index is 6.22. The van der Waals surface area contributed by atoms with Crippen molar-refractivity contribution in [2.75, 3.05) is 18.9 Å². The monoisotopic (exact) mass is 280 g/mol. The summed E-state index contributed by atoms with van der Waals surface area (Å²) in [6.45, 7) is 1.77. The molecule has 0 fully saturated rings. The summed E-state index contributed by atoms with van der Waals surface area (Å²) in [6.07, 6.45) is 2.51. The molecule has 1 aliphatic rings. The van der Waals surface area contributed by atoms with Crippen LogP contribution >= 0.6 is 11.6 Å². The first kappa shape index (κ1) is 12.1. The van der Waals surface area contributed by atoms with Crippen molar-refractivity contribution in [2.45, 2.75) is 13.0 Å². The van der Waals surface area contributed by atoms with E-state index in [1.165, 1.54) is 0 Å². The van der Waals surface area contributed by atoms with Crippen molar-refractivity contribution in [1.82, 2.24) is 15.0 Å². The van der Waals surface area contributed by atoms with Gasteiger partial charge in [0.15, 0.2) is 17.3 Å². The SMILES string of the molecule is Nc1cn(Cc2cc(Cl)c3c(c2)OCCCO3)nn1. The van der Waals surface area contributed by atoms with E-state index in [9.17, 15) is 0 Å². The summed E-state index contributed by atoms with van der Waals surface area (Å²) in [5, 5.41) is 8.18. The molecule has 2 N–H and O–H groups in total. The highest BCUT2D eigenvalue weighted by atomic mass is 35.5. The van der Waals surface area contributed by atoms with Crippen molar-refractivity contribution in [2.24, 2.45) is 0 Å². The van der Waals surface area contributed by atoms with Gasteiger partial charge in [0.1, 0.15) is 0 Å². The molecule has 7 heteroatoms. The van der Waals surface area contributed by atoms with Crippen LogP contribution in [-0.2, 0) is 6.54 Å². The van der Waals surface area contributed by atoms with Crippen LogP contribution in [0.3, 0.4) is 0 Å². The molecule has 1 aliphatic heterocycles. The maximum Gasteiger partial charge on any atom is 0.179 e. The van der Waals surface area contributed by atoms with E-state index in [4.69, 9.17) is 26.8 Å². The summed E-state index contributed by atoms with van der Waals surface area (Å²) in [5.41, 5.74) is 6.49. The fourth-order valence-corrected chi connectivity index (χ4v) is 2.24. The molecule has 1 aromatic heterocycles. The van der Waals surface area contributed by atoms with E-state index < -0.39 is 0 Å². The summed E-state index contributed by atoms with van der Waals surface area (Å²) >= 11 is 6.22. The molecule has 2 heterocycles. The highest BCUT2D eigenvalue weighted by Gasteiger charge is 2.15. The number of fused-ring (bicyclic) bond motifs is 1. The average molecular weight is 281 g/mol. The van der Waals surface area contributed by atoms with Gasteiger partial charge in [-0.25, -0.2) is 4.68 Å². The van der Waals surface area contributed by atoms with Gasteiger partial charge in [0, 0.05) is 6.42 Å². The van der Waals surface area contributed by atoms with Crippen LogP contribution < -0.4 is 15.2 Å². The molecule has 0 bridgehead atoms. The van der Waals surface area contributed by atoms with Gasteiger partial charge in [0.05, 0.1) is 31.0 Å². The van der Waals surface area contributed by atoms with Gasteiger partial charge in [0.25, 0.3) is 0 Å². The van der Waals surface area contributed by atoms with E-state index in [0.717, 1.165) is 12.0 Å². The lowest BCUT2D eigenvalue weighted by Gasteiger charge is -2.11. The second-order valence-corrected chi connectivity index (χ2v) is 4.70. The van der Waals surface area contributed by atoms with Crippen molar-refractivity contribution in [3.8, 4) is 11.5 Å². The second-order valence-electron chi connectivity index (χ2n) is 4.30. The molecule has 0 saturated carbocycles. The number of nitrogens with two attached hydrogens (primary N) is 1. The predicted octanol–water partition coefficient (Wildman–Crippen LogP) is 1.72. The zero-order valence-electron chi connectivity index (χ0n) is 10.2. The topological polar surface area (TPSA) is 75.2 Å². The molecule has 0 amide bonds. The highest BCUT2D eigenvalue weighted by Crippen LogP contribution is 2.38. The van der Waals surface area contributed by atoms with Crippen LogP contribution in [-0.4, -0.2) is 28.2 Å². The Morgan fingerprint density at radius 2 is 2.16 bits per heavy atom. The van der Waals surface area contributed by atoms with E-state index in [1.54, 1.807) is 10.9 Å². The number of hydrogen-bond donors (Lipinski definition) is 1. The highest BCUT2D eigenvalue weighted by molar-refractivity contribution is 6.32. The first-order chi connectivity index (χ1) is 9.22. The van der Waals surface area contributed by atoms with Crippen LogP contribution in [0.1, 0.15) is 12.0 Å². The van der Waals surface area contributed by atoms with E-state index in [2.05, 4.69) is 10.3 Å². The van der Waals surface area contributed by atoms with Gasteiger partial charge >= 0.3 is 0 Å². The molecule has 0 aliphatic carbocycles. The summed E-state index contributed by atoms with van der Waals surface area (Å²) in [6, 6.07) is 3.75. The molecular weight excluding hydrogens is 268 g/mol. The van der Waals surface area contributed by atoms with Crippen molar-refractivity contribution in [1.29, 1.82) is 0 Å². The number of halogens is 1. The fourth-order valence-electron chi connectivity index (χ4n) is 1.95. The molecule has 19 heavy (non-hydrogen) atoms. The number of benzene rings is 1. The van der Waals surface area contributed by atoms with Gasteiger partial charge in [-0.1, -0.05) is 16.8 Å². The van der Waals surface area contributed by atoms with Gasteiger partial charge in [-0.15, -0.1) is 5.10 Å². The lowest BCUT2D eigenvalue weighted by molar-refractivity contribution is 0.297. The summed E-state index contributed by atoms with van der Waals surface area (Å²) in [4.78, 5) is 0. The van der Waals surface area contributed by atoms with Crippen molar-refractivity contribution in [3.05, 3.63) is 28.9 Å². The number of aromatic nitrogens is 3. The molecule has 0 radical (unpaired) electrons. The zero-order chi connectivity index (χ0) is 13.2. The molecule has 3 rings (SSSR count). The molecule has 0 unspecified atom stereocenters. The quantitative estimate of drug-likeness (QED) is 0.906. The Balaban J connectivity index is 1.90. The number of rotatable bonds is 2. The molecule has 100 valence electrons. The molecule has 6 nitrogen and oxygen atoms in total. The summed E-state index contributed by atoms with van der Waals surface area (Å²) in [5.74, 6) is 1.68. The lowest BCUT2D eigenvalue weighted by Crippen LogP contribution is -2.02. The van der Waals surface area contributed by atoms with Gasteiger partial charge in [0.2, 0.25) is 0 Å². The minimum absolute atomic E-state index is 0.389. The second kappa shape index (κ2) is 4.97. The minimum atomic E-state index is 0.389. The maximum absolute atomic E-state index is 6.22. The number of hydrogen-bond acceptors (Lipinski definition) is 5. The van der Waals surface area contributed by atoms with Crippen LogP contribution in [0.2, 0.25) is 5.02 Å². The van der Waals surface area contributed by atoms with Crippen LogP contribution in [0.5, 0.6) is 11.5 Å². The van der Waals surface area contributed by atoms with Crippen LogP contribution in [0.15, 0.2) is 18.3 Å². The van der Waals surface area contributed by atoms with E-state index in [-0.39, 0.29) is 0 Å². The van der Waals surface area contributed by atoms with Crippen molar-refractivity contribution < 1.29 is 9.47 Å². The molecule has 0 atom stereocenters. The third-order valence-corrected chi connectivity index (χ3v) is 3.04. The smallest absolute Gasteiger partial charge is 0.179 e. The third kappa shape index (κ3) is 2.58. The van der Waals surface area contributed by atoms with Gasteiger partial charge < -0.3 is 15.2 Å². The number of ether oxygens (including phenoxy) is 2. The van der Waals surface area contributed by atoms with Gasteiger partial charge in [-0.3, -0.25) is 0 Å². The summed E-state index contributed by atoms with van der Waals surface area (Å²) in [7, 11) is 0. The van der Waals surface area contributed by atoms with Crippen LogP contribution in [0, 0.1) is 0 Å². The van der Waals surface area contributed by atoms with Crippen molar-refractivity contribution >= 4 is 17.4 Å². The largest absolute Gasteiger partial charge is 0.489 e. The first-order valence-corrected chi connectivity index (χ1v) is 6.34. The van der Waals surface area contributed by atoms with E-state index in [1.807, 2.05) is 12.1 Å². The number of anilines is 1. The molecule has 2 aromatic rings. The summed E-state index contributed by atoms with van der Waals surface area (Å²) < 4.78 is 12.9. The molecule has 0 saturated heterocycles. The van der Waals surface area contributed by atoms with E-state index in [0.29, 0.717) is 42.1 Å². The minimum Gasteiger partial charge on any atom is -0.489 e. The Morgan fingerprint density at radius 3 is 2.95 bits per heavy atom. The average Bonchev–Trinajstić information content (AvgIpc) is 2.64. The van der Waals surface area contributed by atoms with E-state index >= 15 is 0 Å². The van der Waals surface area contributed by atoms with Crippen molar-refractivity contribution in [3.63, 3.8) is 0 Å². The van der Waals surface area contributed by atoms with Crippen LogP contribution in [0.25, 0.3) is 0 Å². The first-order valence-electron chi connectivity index (χ1n) is 5.96. The molecular formula is C12H13ClN4O2. The standard InChI is InChI=1S/C12H13ClN4O2/c13-9-4-8(6-17-7-11(14)15-16-17)5-10-12(9)19-3-1-2-18-10/h4-5,7H,1-3,6,14H2.